The number of ether oxygens (including phenoxy) is 4. The van der Waals surface area contributed by atoms with Crippen LogP contribution in [-0.4, -0.2) is 104 Å². The van der Waals surface area contributed by atoms with Crippen LogP contribution in [0.15, 0.2) is 0 Å². The number of carbonyl (C=O) groups is 8. The van der Waals surface area contributed by atoms with Crippen molar-refractivity contribution in [3.63, 3.8) is 0 Å². The van der Waals surface area contributed by atoms with Gasteiger partial charge in [0.2, 0.25) is 0 Å². The van der Waals surface area contributed by atoms with Gasteiger partial charge in [0, 0.05) is 20.8 Å². The van der Waals surface area contributed by atoms with Gasteiger partial charge in [0.15, 0.2) is 0 Å². The first kappa shape index (κ1) is 105. The Hall–Kier alpha value is -4.14. The molecule has 46 heavy (non-hydrogen) atoms. The summed E-state index contributed by atoms with van der Waals surface area (Å²) in [5, 5.41) is 30.4. The van der Waals surface area contributed by atoms with Gasteiger partial charge in [-0.25, -0.2) is 0 Å². The van der Waals surface area contributed by atoms with E-state index in [1.807, 2.05) is 6.92 Å². The van der Waals surface area contributed by atoms with Crippen molar-refractivity contribution in [1.82, 2.24) is 6.15 Å². The number of methoxy groups -OCH3 is 4. The van der Waals surface area contributed by atoms with Gasteiger partial charge in [-0.2, -0.15) is 0 Å². The molecule has 0 saturated carbocycles. The molecule has 0 aliphatic rings. The van der Waals surface area contributed by atoms with Crippen LogP contribution < -0.4 is 6.15 Å². The van der Waals surface area contributed by atoms with Crippen molar-refractivity contribution in [3.05, 3.63) is 31.5 Å². The minimum absolute atomic E-state index is 0. The molecule has 0 aromatic rings. The van der Waals surface area contributed by atoms with Crippen molar-refractivity contribution in [1.29, 1.82) is 0 Å². The number of carbonyl (C=O) groups excluding carboxylic acids is 4. The molecule has 0 spiro atoms. The predicted molar refractivity (Wildman–Crippen MR) is 162 cm³/mol. The number of nitroso groups, excluding NO2 is 3. The molecule has 0 saturated heterocycles. The van der Waals surface area contributed by atoms with Gasteiger partial charge in [0.05, 0.1) is 34.4 Å². The van der Waals surface area contributed by atoms with Crippen LogP contribution in [-0.2, 0) is 57.3 Å². The van der Waals surface area contributed by atoms with Crippen molar-refractivity contribution < 1.29 is 125 Å². The maximum atomic E-state index is 9.93. The molecule has 0 rings (SSSR count). The van der Waals surface area contributed by atoms with Gasteiger partial charge >= 0.3 is 47.7 Å². The quantitative estimate of drug-likeness (QED) is 0.189. The summed E-state index contributed by atoms with van der Waals surface area (Å²) in [6, 6.07) is 0. The topological polar surface area (TPSA) is 439 Å². The fraction of sp³-hybridized carbons (Fsp3) is 0.619. The Morgan fingerprint density at radius 2 is 0.674 bits per heavy atom. The van der Waals surface area contributed by atoms with Crippen LogP contribution in [0.4, 0.5) is 0 Å². The fourth-order valence-electron chi connectivity index (χ4n) is 0.175. The van der Waals surface area contributed by atoms with Crippen LogP contribution >= 0.6 is 0 Å². The van der Waals surface area contributed by atoms with E-state index in [0.29, 0.717) is 25.9 Å². The molecule has 279 valence electrons. The zero-order valence-corrected chi connectivity index (χ0v) is 28.7. The van der Waals surface area contributed by atoms with Gasteiger partial charge in [-0.3, -0.25) is 38.4 Å². The third-order valence-electron chi connectivity index (χ3n) is 1.42. The molecule has 9 N–H and O–H groups in total. The normalized spacial score (nSPS) is 5.76. The van der Waals surface area contributed by atoms with E-state index in [1.54, 1.807) is 6.92 Å². The van der Waals surface area contributed by atoms with Gasteiger partial charge < -0.3 is 82.5 Å². The average molecular weight is 820 g/mol. The predicted octanol–water partition coefficient (Wildman–Crippen LogP) is 2.12. The zero-order chi connectivity index (χ0) is 36.3. The van der Waals surface area contributed by atoms with E-state index in [-0.39, 0.29) is 74.1 Å². The molecule has 25 heteroatoms. The molecular formula is C21H51CeN4O20. The van der Waals surface area contributed by atoms with E-state index in [1.165, 1.54) is 28.4 Å². The Bertz CT molecular complexity index is 488. The van der Waals surface area contributed by atoms with Gasteiger partial charge in [-0.05, 0) is 6.42 Å². The summed E-state index contributed by atoms with van der Waals surface area (Å²) >= 11 is 0. The smallest absolute Gasteiger partial charge is 0.577 e. The standard InChI is InChI=1S/C5H10O2.7C2H4O2.2CH4.Ce.3NO.H3N.H2O/c1-3-4(2)5(6)7;4*1-4-2-3;3*1-2(3)4;;;;3*1-2;;/h4H,3H2,1-2H3,(H,6,7);4*2H,1H3;3*1H3,(H,3,4);2*1H4;;;;;1H3;1H2/q;;;;;;;;;;+3;3*-1;;. The minimum atomic E-state index is -0.833. The molecule has 0 aliphatic heterocycles. The van der Waals surface area contributed by atoms with Crippen LogP contribution in [0.2, 0.25) is 0 Å². The number of carboxylic acids is 4. The van der Waals surface area contributed by atoms with Crippen LogP contribution in [0.1, 0.15) is 55.9 Å². The number of hydrogen-bond acceptors (Lipinski definition) is 16. The maximum Gasteiger partial charge on any atom is 3.00 e. The first-order valence-electron chi connectivity index (χ1n) is 9.26. The molecule has 0 aromatic heterocycles. The van der Waals surface area contributed by atoms with Crippen LogP contribution in [0.5, 0.6) is 0 Å². The second kappa shape index (κ2) is 165. The fourth-order valence-corrected chi connectivity index (χ4v) is 0.175. The van der Waals surface area contributed by atoms with Gasteiger partial charge in [-0.1, -0.05) is 28.7 Å². The minimum Gasteiger partial charge on any atom is -0.577 e. The van der Waals surface area contributed by atoms with E-state index in [0.717, 1.165) is 27.2 Å². The Morgan fingerprint density at radius 1 is 0.587 bits per heavy atom. The first-order chi connectivity index (χ1) is 19.0. The Kier molecular flexibility index (Phi) is 374. The van der Waals surface area contributed by atoms with Gasteiger partial charge in [-0.15, -0.1) is 0 Å². The van der Waals surface area contributed by atoms with Crippen molar-refractivity contribution >= 4 is 49.8 Å². The number of rotatable bonds is 6. The molecule has 1 unspecified atom stereocenters. The molecule has 24 nitrogen and oxygen atoms in total. The van der Waals surface area contributed by atoms with Crippen LogP contribution in [0, 0.1) is 62.4 Å². The van der Waals surface area contributed by atoms with Crippen LogP contribution in [0.25, 0.3) is 16.8 Å². The maximum absolute atomic E-state index is 9.93. The van der Waals surface area contributed by atoms with E-state index >= 15 is 0 Å². The molecule has 1 atom stereocenters. The second-order valence-electron chi connectivity index (χ2n) is 4.53. The molecule has 0 aromatic carbocycles. The zero-order valence-electron chi connectivity index (χ0n) is 25.6. The Morgan fingerprint density at radius 3 is 0.674 bits per heavy atom. The summed E-state index contributed by atoms with van der Waals surface area (Å²) in [4.78, 5) is 94.5. The van der Waals surface area contributed by atoms with Crippen molar-refractivity contribution in [2.45, 2.75) is 55.9 Å². The van der Waals surface area contributed by atoms with E-state index in [9.17, 15) is 4.79 Å². The van der Waals surface area contributed by atoms with E-state index in [4.69, 9.17) is 85.5 Å². The number of nitrogens with zero attached hydrogens (tertiary/aromatic N) is 3. The molecule has 0 heterocycles. The number of carboxylic acid groups (broad SMARTS) is 4. The summed E-state index contributed by atoms with van der Waals surface area (Å²) in [6.07, 6.45) is 0.718. The van der Waals surface area contributed by atoms with Crippen LogP contribution in [0.3, 0.4) is 0 Å². The SMILES string of the molecule is C.C.CC(=O)O.CC(=O)O.CC(=O)O.CCC(C)C(=O)O.COC=O.COC=O.COC=O.COC=O.N.O.[Ce+3].[N-]=O.[N-]=O.[N-]=O. The summed E-state index contributed by atoms with van der Waals surface area (Å²) in [5.74, 6) is -3.39. The van der Waals surface area contributed by atoms with Gasteiger partial charge in [0.25, 0.3) is 43.8 Å². The summed E-state index contributed by atoms with van der Waals surface area (Å²) < 4.78 is 15.4. The largest absolute Gasteiger partial charge is 3.00 e. The molecule has 0 amide bonds. The summed E-state index contributed by atoms with van der Waals surface area (Å²) in [5.41, 5.74) is 17.2. The van der Waals surface area contributed by atoms with Crippen molar-refractivity contribution in [2.75, 3.05) is 28.4 Å². The molecule has 0 bridgehead atoms. The summed E-state index contributed by atoms with van der Waals surface area (Å²) in [7, 11) is 5.25. The number of hydrogen-bond donors (Lipinski definition) is 5. The Labute approximate surface area is 301 Å². The third-order valence-corrected chi connectivity index (χ3v) is 1.42. The molecule has 0 fully saturated rings. The van der Waals surface area contributed by atoms with E-state index in [2.05, 4.69) is 18.9 Å². The monoisotopic (exact) mass is 819 g/mol. The second-order valence-corrected chi connectivity index (χ2v) is 4.53. The molecule has 0 aliphatic carbocycles. The molecular weight excluding hydrogens is 768 g/mol. The van der Waals surface area contributed by atoms with E-state index < -0.39 is 23.9 Å². The summed E-state index contributed by atoms with van der Waals surface area (Å²) in [6.45, 7) is 8.31. The molecule has 1 radical (unpaired) electrons. The van der Waals surface area contributed by atoms with Crippen molar-refractivity contribution in [2.24, 2.45) is 5.92 Å². The number of aliphatic carboxylic acids is 4. The van der Waals surface area contributed by atoms with Gasteiger partial charge in [0.1, 0.15) is 0 Å². The average Bonchev–Trinajstić information content (AvgIpc) is 2.95. The first-order valence-corrected chi connectivity index (χ1v) is 9.26. The van der Waals surface area contributed by atoms with Crippen molar-refractivity contribution in [3.8, 4) is 0 Å². The third kappa shape index (κ3) is 1750. The Balaban J connectivity index is -0.0000000155.